The van der Waals surface area contributed by atoms with Crippen molar-refractivity contribution < 1.29 is 27.5 Å². The standard InChI is InChI=1S/C17H21AsF3N3O3S/c1-9(2)14(18)15(26)22-7-3-4-13(25)24-16-23-11-6-5-10(8-12(11)28-16)27-17(19,20)21/h5-6,8-9,14H,3-4,7,18H2,1-2H3,(H,22,26)(H,23,24,25)/t14-/m0/s1. The maximum atomic E-state index is 12.3. The first-order chi connectivity index (χ1) is 13.0. The molecule has 0 aliphatic carbocycles. The predicted molar refractivity (Wildman–Crippen MR) is 104 cm³/mol. The summed E-state index contributed by atoms with van der Waals surface area (Å²) >= 11 is 2.43. The third kappa shape index (κ3) is 6.98. The van der Waals surface area contributed by atoms with Crippen molar-refractivity contribution in [3.8, 4) is 5.75 Å². The number of benzene rings is 1. The molecule has 1 aromatic heterocycles. The minimum atomic E-state index is -4.77. The molecule has 0 saturated carbocycles. The fraction of sp³-hybridized carbons (Fsp3) is 0.471. The number of hydrogen-bond acceptors (Lipinski definition) is 5. The van der Waals surface area contributed by atoms with Gasteiger partial charge in [0.15, 0.2) is 0 Å². The maximum absolute atomic E-state index is 12.3. The van der Waals surface area contributed by atoms with Crippen molar-refractivity contribution in [3.63, 3.8) is 0 Å². The molecule has 0 fully saturated rings. The SMILES string of the molecule is CC(C)[C@H]([AsH2])C(=O)NCCCC(=O)Nc1nc2ccc(OC(F)(F)F)cc2s1. The molecule has 1 aromatic carbocycles. The van der Waals surface area contributed by atoms with E-state index in [-0.39, 0.29) is 34.6 Å². The monoisotopic (exact) mass is 479 g/mol. The van der Waals surface area contributed by atoms with E-state index < -0.39 is 6.36 Å². The van der Waals surface area contributed by atoms with Crippen LogP contribution in [-0.2, 0) is 9.59 Å². The van der Waals surface area contributed by atoms with Crippen molar-refractivity contribution >= 4 is 55.4 Å². The van der Waals surface area contributed by atoms with Crippen LogP contribution in [0.5, 0.6) is 5.75 Å². The van der Waals surface area contributed by atoms with Gasteiger partial charge >= 0.3 is 143 Å². The van der Waals surface area contributed by atoms with Gasteiger partial charge < -0.3 is 4.74 Å². The first-order valence-corrected chi connectivity index (χ1v) is 10.8. The quantitative estimate of drug-likeness (QED) is 0.451. The van der Waals surface area contributed by atoms with E-state index in [1.807, 2.05) is 13.8 Å². The number of thiazole rings is 1. The number of carbonyl (C=O) groups excluding carboxylic acids is 2. The van der Waals surface area contributed by atoms with Gasteiger partial charge in [-0.25, -0.2) is 0 Å². The molecule has 2 rings (SSSR count). The number of nitrogens with zero attached hydrogens (tertiary/aromatic N) is 1. The Labute approximate surface area is 172 Å². The van der Waals surface area contributed by atoms with Gasteiger partial charge in [-0.05, 0) is 6.07 Å². The molecule has 154 valence electrons. The summed E-state index contributed by atoms with van der Waals surface area (Å²) < 4.78 is 41.2. The van der Waals surface area contributed by atoms with Crippen LogP contribution in [0.25, 0.3) is 10.2 Å². The van der Waals surface area contributed by atoms with Gasteiger partial charge in [0.05, 0.1) is 0 Å². The number of ether oxygens (including phenoxy) is 1. The molecule has 1 heterocycles. The zero-order valence-electron chi connectivity index (χ0n) is 15.3. The first-order valence-electron chi connectivity index (χ1n) is 8.54. The third-order valence-corrected chi connectivity index (χ3v) is 6.92. The number of carbonyl (C=O) groups is 2. The zero-order valence-corrected chi connectivity index (χ0v) is 18.5. The predicted octanol–water partition coefficient (Wildman–Crippen LogP) is 3.11. The summed E-state index contributed by atoms with van der Waals surface area (Å²) in [7, 11) is 0. The van der Waals surface area contributed by atoms with Crippen molar-refractivity contribution in [1.29, 1.82) is 0 Å². The van der Waals surface area contributed by atoms with Crippen LogP contribution in [0.15, 0.2) is 18.2 Å². The molecular weight excluding hydrogens is 458 g/mol. The molecule has 0 radical (unpaired) electrons. The molecule has 0 aliphatic heterocycles. The summed E-state index contributed by atoms with van der Waals surface area (Å²) in [6, 6.07) is 3.79. The summed E-state index contributed by atoms with van der Waals surface area (Å²) in [5.41, 5.74) is 0.464. The van der Waals surface area contributed by atoms with E-state index in [2.05, 4.69) is 20.4 Å². The topological polar surface area (TPSA) is 80.3 Å². The van der Waals surface area contributed by atoms with Crippen LogP contribution < -0.4 is 15.4 Å². The van der Waals surface area contributed by atoms with Crippen molar-refractivity contribution in [1.82, 2.24) is 10.3 Å². The van der Waals surface area contributed by atoms with E-state index in [1.54, 1.807) is 0 Å². The molecule has 2 aromatic rings. The molecule has 0 spiro atoms. The Balaban J connectivity index is 1.83. The average Bonchev–Trinajstić information content (AvgIpc) is 2.97. The second kappa shape index (κ2) is 9.60. The Bertz CT molecular complexity index is 842. The van der Waals surface area contributed by atoms with E-state index in [1.165, 1.54) is 35.1 Å². The summed E-state index contributed by atoms with van der Waals surface area (Å²) in [4.78, 5) is 28.0. The van der Waals surface area contributed by atoms with Crippen LogP contribution in [0.1, 0.15) is 26.7 Å². The van der Waals surface area contributed by atoms with Gasteiger partial charge in [0, 0.05) is 0 Å². The van der Waals surface area contributed by atoms with Gasteiger partial charge in [0.1, 0.15) is 5.75 Å². The minimum absolute atomic E-state index is 0.0153. The Kier molecular flexibility index (Phi) is 7.71. The fourth-order valence-electron chi connectivity index (χ4n) is 2.22. The van der Waals surface area contributed by atoms with Crippen molar-refractivity contribution in [2.24, 2.45) is 5.92 Å². The second-order valence-electron chi connectivity index (χ2n) is 6.41. The van der Waals surface area contributed by atoms with Crippen LogP contribution in [0.3, 0.4) is 0 Å². The molecule has 1 unspecified atom stereocenters. The number of rotatable bonds is 8. The van der Waals surface area contributed by atoms with Crippen LogP contribution >= 0.6 is 11.3 Å². The zero-order chi connectivity index (χ0) is 20.9. The van der Waals surface area contributed by atoms with Gasteiger partial charge in [-0.15, -0.1) is 13.2 Å². The molecule has 11 heteroatoms. The van der Waals surface area contributed by atoms with Gasteiger partial charge in [-0.2, -0.15) is 0 Å². The summed E-state index contributed by atoms with van der Waals surface area (Å²) in [6.45, 7) is 4.36. The van der Waals surface area contributed by atoms with Crippen LogP contribution in [0.4, 0.5) is 18.3 Å². The number of aromatic nitrogens is 1. The number of nitrogens with one attached hydrogen (secondary N) is 2. The van der Waals surface area contributed by atoms with Crippen LogP contribution in [-0.4, -0.2) is 46.6 Å². The van der Waals surface area contributed by atoms with Gasteiger partial charge in [-0.3, -0.25) is 0 Å². The van der Waals surface area contributed by atoms with E-state index >= 15 is 0 Å². The van der Waals surface area contributed by atoms with Crippen LogP contribution in [0, 0.1) is 5.92 Å². The second-order valence-corrected chi connectivity index (χ2v) is 8.95. The van der Waals surface area contributed by atoms with E-state index in [4.69, 9.17) is 0 Å². The van der Waals surface area contributed by atoms with Gasteiger partial charge in [0.25, 0.3) is 0 Å². The molecule has 0 saturated heterocycles. The molecular formula is C17H21AsF3N3O3S. The molecule has 2 atom stereocenters. The fourth-order valence-corrected chi connectivity index (χ4v) is 3.38. The molecule has 6 nitrogen and oxygen atoms in total. The number of anilines is 1. The molecule has 2 amide bonds. The van der Waals surface area contributed by atoms with Crippen molar-refractivity contribution in [2.75, 3.05) is 11.9 Å². The van der Waals surface area contributed by atoms with Crippen LogP contribution in [0.2, 0.25) is 4.71 Å². The van der Waals surface area contributed by atoms with Gasteiger partial charge in [0.2, 0.25) is 0 Å². The van der Waals surface area contributed by atoms with E-state index in [9.17, 15) is 22.8 Å². The van der Waals surface area contributed by atoms with E-state index in [0.29, 0.717) is 28.3 Å². The molecule has 28 heavy (non-hydrogen) atoms. The number of hydrogen-bond donors (Lipinski definition) is 2. The number of fused-ring (bicyclic) bond motifs is 1. The van der Waals surface area contributed by atoms with Crippen molar-refractivity contribution in [2.45, 2.75) is 37.8 Å². The summed E-state index contributed by atoms with van der Waals surface area (Å²) in [5.74, 6) is -0.363. The summed E-state index contributed by atoms with van der Waals surface area (Å²) in [6.07, 6.45) is -4.09. The first kappa shape index (κ1) is 22.5. The van der Waals surface area contributed by atoms with Gasteiger partial charge in [-0.1, -0.05) is 0 Å². The third-order valence-electron chi connectivity index (χ3n) is 3.74. The number of alkyl halides is 3. The van der Waals surface area contributed by atoms with E-state index in [0.717, 1.165) is 11.3 Å². The Morgan fingerprint density at radius 2 is 2.04 bits per heavy atom. The summed E-state index contributed by atoms with van der Waals surface area (Å²) in [5, 5.41) is 5.73. The van der Waals surface area contributed by atoms with Crippen molar-refractivity contribution in [3.05, 3.63) is 18.2 Å². The molecule has 2 N–H and O–H groups in total. The Hall–Kier alpha value is -1.80. The average molecular weight is 479 g/mol. The number of amides is 2. The number of halogens is 3. The Morgan fingerprint density at radius 1 is 1.32 bits per heavy atom. The normalized spacial score (nSPS) is 12.8. The molecule has 0 aliphatic rings. The Morgan fingerprint density at radius 3 is 2.68 bits per heavy atom. The molecule has 0 bridgehead atoms.